The van der Waals surface area contributed by atoms with Crippen molar-refractivity contribution in [3.8, 4) is 0 Å². The molecule has 5 heteroatoms. The Morgan fingerprint density at radius 1 is 1.67 bits per heavy atom. The van der Waals surface area contributed by atoms with E-state index in [0.717, 1.165) is 12.1 Å². The Morgan fingerprint density at radius 3 is 3.00 bits per heavy atom. The van der Waals surface area contributed by atoms with E-state index in [0.29, 0.717) is 6.61 Å². The number of nitrogens with zero attached hydrogens (tertiary/aromatic N) is 2. The monoisotopic (exact) mass is 213 g/mol. The van der Waals surface area contributed by atoms with Crippen molar-refractivity contribution in [3.05, 3.63) is 18.2 Å². The average molecular weight is 213 g/mol. The summed E-state index contributed by atoms with van der Waals surface area (Å²) in [6, 6.07) is -0.0856. The minimum Gasteiger partial charge on any atom is -0.394 e. The van der Waals surface area contributed by atoms with Crippen LogP contribution in [0.5, 0.6) is 0 Å². The van der Waals surface area contributed by atoms with Gasteiger partial charge in [0, 0.05) is 26.0 Å². The lowest BCUT2D eigenvalue weighted by Crippen LogP contribution is -2.20. The standard InChI is InChI=1S/C10H19N3O2/c1-8(3-4-15-2)13-7-12-5-10(13)9(11)6-14/h5,7-9,14H,3-4,6,11H2,1-2H3. The molecule has 0 bridgehead atoms. The minimum absolute atomic E-state index is 0.0668. The second-order valence-corrected chi connectivity index (χ2v) is 3.65. The van der Waals surface area contributed by atoms with Gasteiger partial charge in [0.15, 0.2) is 0 Å². The fraction of sp³-hybridized carbons (Fsp3) is 0.700. The van der Waals surface area contributed by atoms with Gasteiger partial charge in [-0.1, -0.05) is 0 Å². The molecule has 0 aliphatic heterocycles. The van der Waals surface area contributed by atoms with Gasteiger partial charge < -0.3 is 20.1 Å². The first-order chi connectivity index (χ1) is 7.20. The smallest absolute Gasteiger partial charge is 0.0951 e. The Balaban J connectivity index is 2.71. The number of hydrogen-bond donors (Lipinski definition) is 2. The van der Waals surface area contributed by atoms with Gasteiger partial charge in [-0.2, -0.15) is 0 Å². The van der Waals surface area contributed by atoms with Gasteiger partial charge in [0.2, 0.25) is 0 Å². The van der Waals surface area contributed by atoms with Gasteiger partial charge in [0.25, 0.3) is 0 Å². The minimum atomic E-state index is -0.363. The predicted molar refractivity (Wildman–Crippen MR) is 57.4 cm³/mol. The van der Waals surface area contributed by atoms with Crippen molar-refractivity contribution in [2.24, 2.45) is 5.73 Å². The summed E-state index contributed by atoms with van der Waals surface area (Å²) in [7, 11) is 1.68. The number of aromatic nitrogens is 2. The molecule has 15 heavy (non-hydrogen) atoms. The molecule has 1 heterocycles. The lowest BCUT2D eigenvalue weighted by molar-refractivity contribution is 0.179. The van der Waals surface area contributed by atoms with Crippen molar-refractivity contribution in [1.82, 2.24) is 9.55 Å². The van der Waals surface area contributed by atoms with Crippen LogP contribution in [0.15, 0.2) is 12.5 Å². The molecule has 5 nitrogen and oxygen atoms in total. The molecule has 0 saturated carbocycles. The maximum absolute atomic E-state index is 9.00. The van der Waals surface area contributed by atoms with Gasteiger partial charge in [-0.15, -0.1) is 0 Å². The number of aliphatic hydroxyl groups is 1. The summed E-state index contributed by atoms with van der Waals surface area (Å²) in [5.74, 6) is 0. The highest BCUT2D eigenvalue weighted by Crippen LogP contribution is 2.17. The summed E-state index contributed by atoms with van der Waals surface area (Å²) >= 11 is 0. The highest BCUT2D eigenvalue weighted by atomic mass is 16.5. The Bertz CT molecular complexity index is 288. The van der Waals surface area contributed by atoms with Crippen molar-refractivity contribution in [1.29, 1.82) is 0 Å². The summed E-state index contributed by atoms with van der Waals surface area (Å²) in [5, 5.41) is 9.00. The van der Waals surface area contributed by atoms with Gasteiger partial charge >= 0.3 is 0 Å². The molecule has 3 N–H and O–H groups in total. The number of rotatable bonds is 6. The number of methoxy groups -OCH3 is 1. The van der Waals surface area contributed by atoms with Crippen molar-refractivity contribution < 1.29 is 9.84 Å². The first-order valence-corrected chi connectivity index (χ1v) is 5.07. The summed E-state index contributed by atoms with van der Waals surface area (Å²) < 4.78 is 7.01. The number of aliphatic hydroxyl groups excluding tert-OH is 1. The summed E-state index contributed by atoms with van der Waals surface area (Å²) in [4.78, 5) is 4.05. The van der Waals surface area contributed by atoms with E-state index in [4.69, 9.17) is 15.6 Å². The number of hydrogen-bond acceptors (Lipinski definition) is 4. The molecule has 0 radical (unpaired) electrons. The molecule has 0 amide bonds. The zero-order valence-corrected chi connectivity index (χ0v) is 9.26. The molecule has 0 aliphatic rings. The Labute approximate surface area is 89.9 Å². The first-order valence-electron chi connectivity index (χ1n) is 5.07. The fourth-order valence-electron chi connectivity index (χ4n) is 1.49. The number of nitrogens with two attached hydrogens (primary N) is 1. The maximum Gasteiger partial charge on any atom is 0.0951 e. The quantitative estimate of drug-likeness (QED) is 0.720. The van der Waals surface area contributed by atoms with Crippen LogP contribution in [0.2, 0.25) is 0 Å². The topological polar surface area (TPSA) is 73.3 Å². The highest BCUT2D eigenvalue weighted by Gasteiger charge is 2.14. The van der Waals surface area contributed by atoms with Crippen molar-refractivity contribution in [2.45, 2.75) is 25.4 Å². The fourth-order valence-corrected chi connectivity index (χ4v) is 1.49. The molecule has 0 spiro atoms. The van der Waals surface area contributed by atoms with Crippen LogP contribution >= 0.6 is 0 Å². The zero-order chi connectivity index (χ0) is 11.3. The van der Waals surface area contributed by atoms with Crippen LogP contribution < -0.4 is 5.73 Å². The van der Waals surface area contributed by atoms with Crippen LogP contribution in [-0.2, 0) is 4.74 Å². The molecular formula is C10H19N3O2. The molecule has 2 unspecified atom stereocenters. The third-order valence-corrected chi connectivity index (χ3v) is 2.49. The van der Waals surface area contributed by atoms with Crippen molar-refractivity contribution >= 4 is 0 Å². The predicted octanol–water partition coefficient (Wildman–Crippen LogP) is 0.473. The molecular weight excluding hydrogens is 194 g/mol. The molecule has 86 valence electrons. The van der Waals surface area contributed by atoms with E-state index in [-0.39, 0.29) is 18.7 Å². The van der Waals surface area contributed by atoms with Gasteiger partial charge in [-0.25, -0.2) is 4.98 Å². The van der Waals surface area contributed by atoms with Gasteiger partial charge in [0.1, 0.15) is 0 Å². The molecule has 0 aromatic carbocycles. The zero-order valence-electron chi connectivity index (χ0n) is 9.26. The lowest BCUT2D eigenvalue weighted by Gasteiger charge is -2.18. The van der Waals surface area contributed by atoms with Gasteiger partial charge in [0.05, 0.1) is 24.7 Å². The van der Waals surface area contributed by atoms with Crippen LogP contribution in [0.3, 0.4) is 0 Å². The molecule has 1 aromatic rings. The largest absolute Gasteiger partial charge is 0.394 e. The molecule has 1 aromatic heterocycles. The lowest BCUT2D eigenvalue weighted by atomic mass is 10.2. The van der Waals surface area contributed by atoms with Gasteiger partial charge in [-0.05, 0) is 13.3 Å². The summed E-state index contributed by atoms with van der Waals surface area (Å²) in [5.41, 5.74) is 6.63. The Kier molecular flexibility index (Phi) is 4.74. The highest BCUT2D eigenvalue weighted by molar-refractivity contribution is 5.05. The molecule has 0 saturated heterocycles. The van der Waals surface area contributed by atoms with Crippen LogP contribution in [0.25, 0.3) is 0 Å². The number of ether oxygens (including phenoxy) is 1. The van der Waals surface area contributed by atoms with E-state index in [1.807, 2.05) is 4.57 Å². The normalized spacial score (nSPS) is 15.2. The van der Waals surface area contributed by atoms with Crippen LogP contribution in [0, 0.1) is 0 Å². The summed E-state index contributed by atoms with van der Waals surface area (Å²) in [6.45, 7) is 2.71. The Morgan fingerprint density at radius 2 is 2.40 bits per heavy atom. The van der Waals surface area contributed by atoms with E-state index in [1.54, 1.807) is 19.6 Å². The van der Waals surface area contributed by atoms with E-state index in [9.17, 15) is 0 Å². The summed E-state index contributed by atoms with van der Waals surface area (Å²) in [6.07, 6.45) is 4.34. The Hall–Kier alpha value is -0.910. The van der Waals surface area contributed by atoms with E-state index < -0.39 is 0 Å². The molecule has 1 rings (SSSR count). The third kappa shape index (κ3) is 3.02. The SMILES string of the molecule is COCCC(C)n1cncc1C(N)CO. The maximum atomic E-state index is 9.00. The number of imidazole rings is 1. The van der Waals surface area contributed by atoms with E-state index >= 15 is 0 Å². The van der Waals surface area contributed by atoms with Crippen molar-refractivity contribution in [3.63, 3.8) is 0 Å². The second kappa shape index (κ2) is 5.85. The average Bonchev–Trinajstić information content (AvgIpc) is 2.73. The molecule has 0 fully saturated rings. The first kappa shape index (κ1) is 12.2. The van der Waals surface area contributed by atoms with Gasteiger partial charge in [-0.3, -0.25) is 0 Å². The van der Waals surface area contributed by atoms with Crippen molar-refractivity contribution in [2.75, 3.05) is 20.3 Å². The van der Waals surface area contributed by atoms with E-state index in [1.165, 1.54) is 0 Å². The van der Waals surface area contributed by atoms with Crippen LogP contribution in [0.1, 0.15) is 31.1 Å². The van der Waals surface area contributed by atoms with Crippen LogP contribution in [0.4, 0.5) is 0 Å². The van der Waals surface area contributed by atoms with E-state index in [2.05, 4.69) is 11.9 Å². The van der Waals surface area contributed by atoms with Crippen LogP contribution in [-0.4, -0.2) is 35.0 Å². The third-order valence-electron chi connectivity index (χ3n) is 2.49. The second-order valence-electron chi connectivity index (χ2n) is 3.65. The molecule has 2 atom stereocenters. The molecule has 0 aliphatic carbocycles.